The van der Waals surface area contributed by atoms with Crippen molar-refractivity contribution in [2.24, 2.45) is 0 Å². The van der Waals surface area contributed by atoms with Crippen LogP contribution in [0.3, 0.4) is 0 Å². The minimum absolute atomic E-state index is 0.0912. The van der Waals surface area contributed by atoms with Crippen LogP contribution in [0.2, 0.25) is 0 Å². The highest BCUT2D eigenvalue weighted by atomic mass is 32.2. The summed E-state index contributed by atoms with van der Waals surface area (Å²) in [6, 6.07) is 4.14. The van der Waals surface area contributed by atoms with Gasteiger partial charge in [-0.1, -0.05) is 5.21 Å². The smallest absolute Gasteiger partial charge is 0.267 e. The molecule has 7 heteroatoms. The van der Waals surface area contributed by atoms with Crippen LogP contribution in [-0.2, 0) is 9.84 Å². The van der Waals surface area contributed by atoms with Gasteiger partial charge in [0.15, 0.2) is 9.84 Å². The molecule has 0 radical (unpaired) electrons. The first-order valence-corrected chi connectivity index (χ1v) is 5.93. The van der Waals surface area contributed by atoms with Gasteiger partial charge in [-0.05, 0) is 18.2 Å². The highest BCUT2D eigenvalue weighted by molar-refractivity contribution is 7.90. The van der Waals surface area contributed by atoms with Crippen molar-refractivity contribution in [2.45, 2.75) is 4.90 Å². The van der Waals surface area contributed by atoms with E-state index in [9.17, 15) is 13.2 Å². The largest absolute Gasteiger partial charge is 0.275 e. The molecule has 1 heterocycles. The second kappa shape index (κ2) is 3.13. The third kappa shape index (κ3) is 1.73. The average Bonchev–Trinajstić information content (AvgIpc) is 2.16. The summed E-state index contributed by atoms with van der Waals surface area (Å²) in [7, 11) is -3.31. The van der Waals surface area contributed by atoms with E-state index in [0.717, 1.165) is 6.26 Å². The molecule has 0 aliphatic carbocycles. The number of nitrogens with zero attached hydrogens (tertiary/aromatic N) is 2. The number of fused-ring (bicyclic) bond motifs is 1. The number of benzene rings is 1. The van der Waals surface area contributed by atoms with Gasteiger partial charge in [0.1, 0.15) is 5.52 Å². The van der Waals surface area contributed by atoms with Gasteiger partial charge >= 0.3 is 0 Å². The zero-order valence-electron chi connectivity index (χ0n) is 7.76. The molecule has 1 aromatic carbocycles. The highest BCUT2D eigenvalue weighted by Crippen LogP contribution is 2.13. The lowest BCUT2D eigenvalue weighted by atomic mass is 10.2. The first-order valence-electron chi connectivity index (χ1n) is 4.04. The highest BCUT2D eigenvalue weighted by Gasteiger charge is 2.09. The van der Waals surface area contributed by atoms with Gasteiger partial charge in [0.25, 0.3) is 5.56 Å². The molecule has 2 rings (SSSR count). The molecule has 78 valence electrons. The molecule has 0 saturated heterocycles. The van der Waals surface area contributed by atoms with Gasteiger partial charge < -0.3 is 0 Å². The molecule has 0 aliphatic rings. The van der Waals surface area contributed by atoms with Crippen molar-refractivity contribution in [3.05, 3.63) is 28.6 Å². The maximum absolute atomic E-state index is 11.3. The Balaban J connectivity index is 2.88. The summed E-state index contributed by atoms with van der Waals surface area (Å²) >= 11 is 0. The summed E-state index contributed by atoms with van der Waals surface area (Å²) in [5, 5.41) is 9.39. The van der Waals surface area contributed by atoms with Crippen molar-refractivity contribution in [1.29, 1.82) is 0 Å². The van der Waals surface area contributed by atoms with E-state index in [4.69, 9.17) is 0 Å². The Labute approximate surface area is 84.9 Å². The molecule has 15 heavy (non-hydrogen) atoms. The van der Waals surface area contributed by atoms with E-state index >= 15 is 0 Å². The fourth-order valence-electron chi connectivity index (χ4n) is 1.20. The van der Waals surface area contributed by atoms with Crippen LogP contribution in [0.25, 0.3) is 10.9 Å². The predicted octanol–water partition coefficient (Wildman–Crippen LogP) is -0.278. The third-order valence-corrected chi connectivity index (χ3v) is 3.06. The van der Waals surface area contributed by atoms with E-state index in [-0.39, 0.29) is 10.3 Å². The molecule has 0 spiro atoms. The maximum atomic E-state index is 11.3. The number of aromatic amines is 1. The van der Waals surface area contributed by atoms with Gasteiger partial charge in [-0.15, -0.1) is 5.10 Å². The summed E-state index contributed by atoms with van der Waals surface area (Å²) in [5.74, 6) is 0. The van der Waals surface area contributed by atoms with Gasteiger partial charge in [-0.2, -0.15) is 0 Å². The lowest BCUT2D eigenvalue weighted by Crippen LogP contribution is -2.10. The Hall–Kier alpha value is -1.76. The molecule has 0 amide bonds. The molecule has 0 bridgehead atoms. The summed E-state index contributed by atoms with van der Waals surface area (Å²) in [6.45, 7) is 0. The van der Waals surface area contributed by atoms with Gasteiger partial charge in [0.05, 0.1) is 10.3 Å². The average molecular weight is 225 g/mol. The van der Waals surface area contributed by atoms with E-state index in [0.29, 0.717) is 5.52 Å². The number of hydrogen-bond acceptors (Lipinski definition) is 5. The van der Waals surface area contributed by atoms with Gasteiger partial charge in [-0.25, -0.2) is 13.5 Å². The zero-order chi connectivity index (χ0) is 11.1. The van der Waals surface area contributed by atoms with Gasteiger partial charge in [0.2, 0.25) is 0 Å². The van der Waals surface area contributed by atoms with E-state index in [1.165, 1.54) is 18.2 Å². The Morgan fingerprint density at radius 2 is 2.07 bits per heavy atom. The Bertz CT molecular complexity index is 675. The molecule has 0 unspecified atom stereocenters. The number of nitrogens with one attached hydrogen (secondary N) is 1. The monoisotopic (exact) mass is 225 g/mol. The van der Waals surface area contributed by atoms with Crippen LogP contribution >= 0.6 is 0 Å². The summed E-state index contributed by atoms with van der Waals surface area (Å²) in [5.41, 5.74) is -0.0864. The van der Waals surface area contributed by atoms with Crippen molar-refractivity contribution in [2.75, 3.05) is 6.26 Å². The zero-order valence-corrected chi connectivity index (χ0v) is 8.58. The number of sulfone groups is 1. The summed E-state index contributed by atoms with van der Waals surface area (Å²) in [6.07, 6.45) is 1.08. The fraction of sp³-hybridized carbons (Fsp3) is 0.125. The summed E-state index contributed by atoms with van der Waals surface area (Å²) in [4.78, 5) is 11.4. The lowest BCUT2D eigenvalue weighted by molar-refractivity contribution is 0.602. The minimum atomic E-state index is -3.31. The number of hydrogen-bond donors (Lipinski definition) is 1. The van der Waals surface area contributed by atoms with Crippen molar-refractivity contribution < 1.29 is 8.42 Å². The molecule has 0 fully saturated rings. The normalized spacial score (nSPS) is 11.8. The Morgan fingerprint density at radius 1 is 1.33 bits per heavy atom. The van der Waals surface area contributed by atoms with Crippen LogP contribution < -0.4 is 5.56 Å². The molecular weight excluding hydrogens is 218 g/mol. The van der Waals surface area contributed by atoms with Crippen molar-refractivity contribution >= 4 is 20.7 Å². The summed E-state index contributed by atoms with van der Waals surface area (Å²) < 4.78 is 22.5. The number of rotatable bonds is 1. The Kier molecular flexibility index (Phi) is 2.04. The number of H-pyrrole nitrogens is 1. The quantitative estimate of drug-likeness (QED) is 0.720. The van der Waals surface area contributed by atoms with Crippen LogP contribution in [0.4, 0.5) is 0 Å². The minimum Gasteiger partial charge on any atom is -0.267 e. The molecule has 0 atom stereocenters. The van der Waals surface area contributed by atoms with Gasteiger partial charge in [0, 0.05) is 6.26 Å². The molecule has 0 saturated carbocycles. The SMILES string of the molecule is CS(=O)(=O)c1ccc2nn[nH]c(=O)c2c1. The molecule has 0 aliphatic heterocycles. The molecule has 2 aromatic rings. The predicted molar refractivity (Wildman–Crippen MR) is 53.3 cm³/mol. The lowest BCUT2D eigenvalue weighted by Gasteiger charge is -1.98. The molecule has 6 nitrogen and oxygen atoms in total. The van der Waals surface area contributed by atoms with E-state index in [2.05, 4.69) is 15.4 Å². The third-order valence-electron chi connectivity index (χ3n) is 1.95. The fourth-order valence-corrected chi connectivity index (χ4v) is 1.85. The second-order valence-corrected chi connectivity index (χ2v) is 5.11. The van der Waals surface area contributed by atoms with E-state index in [1.807, 2.05) is 0 Å². The molecule has 1 N–H and O–H groups in total. The van der Waals surface area contributed by atoms with E-state index in [1.54, 1.807) is 0 Å². The van der Waals surface area contributed by atoms with Crippen LogP contribution in [0.5, 0.6) is 0 Å². The van der Waals surface area contributed by atoms with Crippen LogP contribution in [0, 0.1) is 0 Å². The van der Waals surface area contributed by atoms with E-state index < -0.39 is 15.4 Å². The van der Waals surface area contributed by atoms with Crippen LogP contribution in [0.15, 0.2) is 27.9 Å². The topological polar surface area (TPSA) is 92.8 Å². The first kappa shape index (κ1) is 9.78. The molecule has 1 aromatic heterocycles. The van der Waals surface area contributed by atoms with Crippen molar-refractivity contribution in [3.63, 3.8) is 0 Å². The van der Waals surface area contributed by atoms with Crippen LogP contribution in [0.1, 0.15) is 0 Å². The van der Waals surface area contributed by atoms with Crippen molar-refractivity contribution in [1.82, 2.24) is 15.4 Å². The van der Waals surface area contributed by atoms with Crippen LogP contribution in [-0.4, -0.2) is 30.1 Å². The maximum Gasteiger partial charge on any atom is 0.275 e. The Morgan fingerprint density at radius 3 is 2.73 bits per heavy atom. The first-order chi connectivity index (χ1) is 6.98. The van der Waals surface area contributed by atoms with Crippen molar-refractivity contribution in [3.8, 4) is 0 Å². The standard InChI is InChI=1S/C8H7N3O3S/c1-15(13,14)5-2-3-7-6(4-5)8(12)10-11-9-7/h2-4H,1H3,(H,9,10,12). The van der Waals surface area contributed by atoms with Gasteiger partial charge in [-0.3, -0.25) is 4.79 Å². The second-order valence-electron chi connectivity index (χ2n) is 3.09. The molecular formula is C8H7N3O3S. The number of aromatic nitrogens is 3.